The second-order valence-electron chi connectivity index (χ2n) is 5.56. The maximum Gasteiger partial charge on any atom is 0.220 e. The van der Waals surface area contributed by atoms with Gasteiger partial charge in [0.05, 0.1) is 18.0 Å². The van der Waals surface area contributed by atoms with Crippen LogP contribution in [-0.4, -0.2) is 47.9 Å². The van der Waals surface area contributed by atoms with Crippen molar-refractivity contribution >= 4 is 20.8 Å². The fourth-order valence-electron chi connectivity index (χ4n) is 2.43. The number of sulfone groups is 1. The Morgan fingerprint density at radius 3 is 2.78 bits per heavy atom. The van der Waals surface area contributed by atoms with E-state index in [9.17, 15) is 12.8 Å². The summed E-state index contributed by atoms with van der Waals surface area (Å²) in [5, 5.41) is 7.05. The summed E-state index contributed by atoms with van der Waals surface area (Å²) < 4.78 is 42.4. The number of nitrogens with one attached hydrogen (secondary N) is 2. The van der Waals surface area contributed by atoms with Gasteiger partial charge in [0, 0.05) is 12.2 Å². The number of rotatable bonds is 3. The first kappa shape index (κ1) is 17.5. The Bertz CT molecular complexity index is 730. The highest BCUT2D eigenvalue weighted by Gasteiger charge is 2.43. The van der Waals surface area contributed by atoms with Crippen LogP contribution < -0.4 is 5.73 Å². The fourth-order valence-corrected chi connectivity index (χ4v) is 2.68. The first-order chi connectivity index (χ1) is 10.6. The van der Waals surface area contributed by atoms with Gasteiger partial charge < -0.3 is 15.5 Å². The second-order valence-corrected chi connectivity index (χ2v) is 7.53. The molecular formula is C13H20FN5O3S. The molecule has 23 heavy (non-hydrogen) atoms. The van der Waals surface area contributed by atoms with Crippen molar-refractivity contribution in [3.05, 3.63) is 17.7 Å². The average Bonchev–Trinajstić information content (AvgIpc) is 3.05. The number of nitrogens with two attached hydrogens (primary N) is 1. The molecule has 1 aromatic heterocycles. The Morgan fingerprint density at radius 1 is 1.61 bits per heavy atom. The normalized spacial score (nSPS) is 29.0. The molecule has 0 bridgehead atoms. The summed E-state index contributed by atoms with van der Waals surface area (Å²) in [4.78, 5) is 10.2. The maximum absolute atomic E-state index is 14.3. The van der Waals surface area contributed by atoms with Crippen LogP contribution in [0.1, 0.15) is 37.9 Å². The van der Waals surface area contributed by atoms with Gasteiger partial charge in [0.25, 0.3) is 0 Å². The van der Waals surface area contributed by atoms with Gasteiger partial charge in [0.2, 0.25) is 15.0 Å². The lowest BCUT2D eigenvalue weighted by molar-refractivity contribution is 0.0208. The van der Waals surface area contributed by atoms with Crippen molar-refractivity contribution in [2.75, 3.05) is 6.26 Å². The molecule has 0 saturated carbocycles. The number of amidine groups is 2. The molecule has 10 heteroatoms. The minimum Gasteiger partial charge on any atom is -0.374 e. The van der Waals surface area contributed by atoms with Crippen LogP contribution in [0.15, 0.2) is 11.2 Å². The molecule has 1 aliphatic heterocycles. The van der Waals surface area contributed by atoms with Crippen LogP contribution in [0.2, 0.25) is 0 Å². The third kappa shape index (κ3) is 3.58. The van der Waals surface area contributed by atoms with Gasteiger partial charge in [0.15, 0.2) is 11.7 Å². The minimum absolute atomic E-state index is 0.00463. The maximum atomic E-state index is 14.3. The summed E-state index contributed by atoms with van der Waals surface area (Å²) >= 11 is 0. The molecule has 128 valence electrons. The van der Waals surface area contributed by atoms with E-state index < -0.39 is 33.1 Å². The molecule has 4 N–H and O–H groups in total. The number of aromatic nitrogens is 2. The highest BCUT2D eigenvalue weighted by Crippen LogP contribution is 2.39. The van der Waals surface area contributed by atoms with E-state index in [4.69, 9.17) is 15.9 Å². The molecule has 2 heterocycles. The molecule has 0 unspecified atom stereocenters. The van der Waals surface area contributed by atoms with E-state index in [1.807, 2.05) is 6.92 Å². The fraction of sp³-hybridized carbons (Fsp3) is 0.615. The number of alkyl halides is 1. The quantitative estimate of drug-likeness (QED) is 0.553. The lowest BCUT2D eigenvalue weighted by Gasteiger charge is -2.11. The molecule has 2 rings (SSSR count). The summed E-state index contributed by atoms with van der Waals surface area (Å²) in [6.07, 6.45) is 0.786. The minimum atomic E-state index is -3.68. The molecule has 0 aliphatic carbocycles. The third-order valence-corrected chi connectivity index (χ3v) is 4.68. The summed E-state index contributed by atoms with van der Waals surface area (Å²) in [6.45, 7) is 3.71. The van der Waals surface area contributed by atoms with Gasteiger partial charge in [-0.3, -0.25) is 5.41 Å². The van der Waals surface area contributed by atoms with E-state index in [-0.39, 0.29) is 17.8 Å². The Balaban J connectivity index is 2.20. The first-order valence-electron chi connectivity index (χ1n) is 7.12. The standard InChI is InChI=1S/C13H20FN5O3S/c1-4-8-6(2)9(14)10(22-8)7-5-17-12(18-7)11(15)19-13(16)23(3,20)21/h5-6,8-10H,4H2,1-3H3,(H,17,18)(H3,15,16,19)/t6-,8-,9-,10+/m1/s1. The number of nitrogens with zero attached hydrogens (tertiary/aromatic N) is 2. The van der Waals surface area contributed by atoms with Crippen LogP contribution in [0, 0.1) is 11.3 Å². The van der Waals surface area contributed by atoms with Crippen molar-refractivity contribution in [1.29, 1.82) is 5.41 Å². The van der Waals surface area contributed by atoms with Crippen LogP contribution in [0.4, 0.5) is 4.39 Å². The number of halogens is 1. The van der Waals surface area contributed by atoms with E-state index in [1.165, 1.54) is 6.20 Å². The molecule has 8 nitrogen and oxygen atoms in total. The van der Waals surface area contributed by atoms with Crippen molar-refractivity contribution in [2.45, 2.75) is 38.6 Å². The Kier molecular flexibility index (Phi) is 4.85. The predicted octanol–water partition coefficient (Wildman–Crippen LogP) is 0.918. The van der Waals surface area contributed by atoms with Crippen molar-refractivity contribution < 1.29 is 17.5 Å². The molecule has 0 spiro atoms. The number of ether oxygens (including phenoxy) is 1. The number of H-pyrrole nitrogens is 1. The molecular weight excluding hydrogens is 325 g/mol. The molecule has 1 aliphatic rings. The Morgan fingerprint density at radius 2 is 2.26 bits per heavy atom. The Labute approximate surface area is 133 Å². The van der Waals surface area contributed by atoms with Gasteiger partial charge in [-0.1, -0.05) is 13.8 Å². The third-order valence-electron chi connectivity index (χ3n) is 3.83. The monoisotopic (exact) mass is 345 g/mol. The number of hydrogen-bond donors (Lipinski definition) is 3. The summed E-state index contributed by atoms with van der Waals surface area (Å²) in [5.41, 5.74) is 5.67. The molecule has 1 aromatic rings. The van der Waals surface area contributed by atoms with E-state index in [0.29, 0.717) is 12.1 Å². The Hall–Kier alpha value is -1.81. The van der Waals surface area contributed by atoms with Crippen molar-refractivity contribution in [1.82, 2.24) is 9.97 Å². The van der Waals surface area contributed by atoms with Crippen LogP contribution in [0.25, 0.3) is 0 Å². The van der Waals surface area contributed by atoms with Crippen molar-refractivity contribution in [3.63, 3.8) is 0 Å². The molecule has 1 saturated heterocycles. The number of aliphatic imine (C=N–C) groups is 1. The van der Waals surface area contributed by atoms with Crippen molar-refractivity contribution in [2.24, 2.45) is 16.6 Å². The van der Waals surface area contributed by atoms with E-state index in [0.717, 1.165) is 6.26 Å². The summed E-state index contributed by atoms with van der Waals surface area (Å²) in [5.74, 6) is -0.697. The van der Waals surface area contributed by atoms with Crippen LogP contribution in [0.5, 0.6) is 0 Å². The zero-order valence-corrected chi connectivity index (χ0v) is 13.9. The molecule has 0 amide bonds. The topological polar surface area (TPSA) is 134 Å². The van der Waals surface area contributed by atoms with Crippen LogP contribution >= 0.6 is 0 Å². The van der Waals surface area contributed by atoms with E-state index in [1.54, 1.807) is 6.92 Å². The SMILES string of the molecule is CC[C@H]1O[C@@H](c2cnc(C(=N)N=C(N)S(C)(=O)=O)[nH]2)[C@H](F)[C@@H]1C. The zero-order chi connectivity index (χ0) is 17.4. The highest BCUT2D eigenvalue weighted by atomic mass is 32.2. The molecule has 4 atom stereocenters. The molecule has 0 aromatic carbocycles. The number of aromatic amines is 1. The van der Waals surface area contributed by atoms with E-state index >= 15 is 0 Å². The van der Waals surface area contributed by atoms with Crippen LogP contribution in [-0.2, 0) is 14.6 Å². The largest absolute Gasteiger partial charge is 0.374 e. The number of hydrogen-bond acceptors (Lipinski definition) is 5. The van der Waals surface area contributed by atoms with Gasteiger partial charge >= 0.3 is 0 Å². The van der Waals surface area contributed by atoms with Crippen molar-refractivity contribution in [3.8, 4) is 0 Å². The predicted molar refractivity (Wildman–Crippen MR) is 83.8 cm³/mol. The van der Waals surface area contributed by atoms with Gasteiger partial charge in [-0.25, -0.2) is 17.8 Å². The van der Waals surface area contributed by atoms with Gasteiger partial charge in [-0.15, -0.1) is 0 Å². The lowest BCUT2D eigenvalue weighted by atomic mass is 9.97. The summed E-state index contributed by atoms with van der Waals surface area (Å²) in [7, 11) is -3.68. The highest BCUT2D eigenvalue weighted by molar-refractivity contribution is 8.05. The lowest BCUT2D eigenvalue weighted by Crippen LogP contribution is -2.24. The summed E-state index contributed by atoms with van der Waals surface area (Å²) in [6, 6.07) is 0. The van der Waals surface area contributed by atoms with Crippen LogP contribution in [0.3, 0.4) is 0 Å². The zero-order valence-electron chi connectivity index (χ0n) is 13.1. The second kappa shape index (κ2) is 6.36. The average molecular weight is 345 g/mol. The smallest absolute Gasteiger partial charge is 0.220 e. The van der Waals surface area contributed by atoms with Gasteiger partial charge in [-0.2, -0.15) is 4.99 Å². The molecule has 0 radical (unpaired) electrons. The first-order valence-corrected chi connectivity index (χ1v) is 9.01. The van der Waals surface area contributed by atoms with E-state index in [2.05, 4.69) is 15.0 Å². The molecule has 1 fully saturated rings. The van der Waals surface area contributed by atoms with Gasteiger partial charge in [0.1, 0.15) is 12.3 Å². The van der Waals surface area contributed by atoms with Gasteiger partial charge in [-0.05, 0) is 6.42 Å². The number of imidazole rings is 1.